The molecule has 1 aromatic heterocycles. The van der Waals surface area contributed by atoms with Crippen LogP contribution in [0, 0.1) is 6.92 Å². The molecule has 0 atom stereocenters. The van der Waals surface area contributed by atoms with Crippen LogP contribution in [-0.2, 0) is 6.61 Å². The van der Waals surface area contributed by atoms with E-state index in [0.717, 1.165) is 22.6 Å². The van der Waals surface area contributed by atoms with E-state index in [0.29, 0.717) is 29.2 Å². The molecule has 0 spiro atoms. The quantitative estimate of drug-likeness (QED) is 0.315. The normalized spacial score (nSPS) is 11.0. The molecule has 6 nitrogen and oxygen atoms in total. The number of nitrogens with zero attached hydrogens (tertiary/aromatic N) is 2. The van der Waals surface area contributed by atoms with Gasteiger partial charge in [-0.3, -0.25) is 4.79 Å². The molecule has 0 aliphatic carbocycles. The van der Waals surface area contributed by atoms with Gasteiger partial charge in [0, 0.05) is 5.56 Å². The summed E-state index contributed by atoms with van der Waals surface area (Å²) in [4.78, 5) is 12.4. The fraction of sp³-hybridized carbons (Fsp3) is 0.348. The molecule has 0 fully saturated rings. The topological polar surface area (TPSA) is 74.5 Å². The van der Waals surface area contributed by atoms with Crippen LogP contribution in [0.1, 0.15) is 54.1 Å². The minimum absolute atomic E-state index is 0.0135. The first-order valence-electron chi connectivity index (χ1n) is 9.90. The van der Waals surface area contributed by atoms with Gasteiger partial charge in [0.1, 0.15) is 11.5 Å². The Kier molecular flexibility index (Phi) is 7.52. The van der Waals surface area contributed by atoms with Crippen LogP contribution in [0.5, 0.6) is 11.5 Å². The van der Waals surface area contributed by atoms with Crippen LogP contribution in [-0.4, -0.2) is 28.3 Å². The molecule has 0 aliphatic rings. The number of carbonyl (C=O) groups is 1. The summed E-state index contributed by atoms with van der Waals surface area (Å²) in [6, 6.07) is 13.3. The van der Waals surface area contributed by atoms with Crippen molar-refractivity contribution in [2.75, 3.05) is 12.4 Å². The SMILES string of the molecule is CCOc1ccc(C(=O)CSc2nnc(COc3cc(C)ccc3C(C)C)o2)cc1. The molecule has 7 heteroatoms. The lowest BCUT2D eigenvalue weighted by Crippen LogP contribution is -2.02. The maximum Gasteiger partial charge on any atom is 0.277 e. The van der Waals surface area contributed by atoms with Crippen molar-refractivity contribution in [3.8, 4) is 11.5 Å². The Morgan fingerprint density at radius 2 is 1.87 bits per heavy atom. The van der Waals surface area contributed by atoms with E-state index in [1.807, 2.05) is 19.9 Å². The lowest BCUT2D eigenvalue weighted by atomic mass is 10.0. The Morgan fingerprint density at radius 3 is 2.57 bits per heavy atom. The Bertz CT molecular complexity index is 983. The third-order valence-corrected chi connectivity index (χ3v) is 5.22. The van der Waals surface area contributed by atoms with Gasteiger partial charge in [-0.25, -0.2) is 0 Å². The summed E-state index contributed by atoms with van der Waals surface area (Å²) in [5.41, 5.74) is 2.88. The number of hydrogen-bond acceptors (Lipinski definition) is 7. The molecule has 2 aromatic carbocycles. The molecule has 158 valence electrons. The van der Waals surface area contributed by atoms with Gasteiger partial charge in [-0.2, -0.15) is 0 Å². The average Bonchev–Trinajstić information content (AvgIpc) is 3.19. The summed E-state index contributed by atoms with van der Waals surface area (Å²) in [5, 5.41) is 8.37. The van der Waals surface area contributed by atoms with Gasteiger partial charge in [-0.1, -0.05) is 37.7 Å². The Morgan fingerprint density at radius 1 is 1.10 bits per heavy atom. The van der Waals surface area contributed by atoms with Crippen LogP contribution < -0.4 is 9.47 Å². The van der Waals surface area contributed by atoms with Crippen LogP contribution in [0.15, 0.2) is 52.1 Å². The smallest absolute Gasteiger partial charge is 0.277 e. The minimum Gasteiger partial charge on any atom is -0.494 e. The van der Waals surface area contributed by atoms with Crippen molar-refractivity contribution in [1.82, 2.24) is 10.2 Å². The van der Waals surface area contributed by atoms with Crippen LogP contribution in [0.25, 0.3) is 0 Å². The minimum atomic E-state index is -0.0135. The first-order chi connectivity index (χ1) is 14.5. The second-order valence-corrected chi connectivity index (χ2v) is 8.04. The van der Waals surface area contributed by atoms with Crippen LogP contribution in [0.4, 0.5) is 0 Å². The zero-order valence-electron chi connectivity index (χ0n) is 17.7. The highest BCUT2D eigenvalue weighted by Gasteiger charge is 2.13. The van der Waals surface area contributed by atoms with E-state index in [1.54, 1.807) is 24.3 Å². The van der Waals surface area contributed by atoms with E-state index in [9.17, 15) is 4.79 Å². The van der Waals surface area contributed by atoms with E-state index in [4.69, 9.17) is 13.9 Å². The number of benzene rings is 2. The number of carbonyl (C=O) groups excluding carboxylic acids is 1. The lowest BCUT2D eigenvalue weighted by Gasteiger charge is -2.13. The fourth-order valence-corrected chi connectivity index (χ4v) is 3.53. The molecule has 1 heterocycles. The maximum absolute atomic E-state index is 12.4. The first kappa shape index (κ1) is 21.9. The number of Topliss-reactive ketones (excluding diaryl/α,β-unsaturated/α-hetero) is 1. The van der Waals surface area contributed by atoms with Crippen molar-refractivity contribution in [3.05, 3.63) is 65.0 Å². The number of hydrogen-bond donors (Lipinski definition) is 0. The highest BCUT2D eigenvalue weighted by molar-refractivity contribution is 7.99. The van der Waals surface area contributed by atoms with Crippen molar-refractivity contribution in [3.63, 3.8) is 0 Å². The van der Waals surface area contributed by atoms with E-state index >= 15 is 0 Å². The molecule has 0 aliphatic heterocycles. The Hall–Kier alpha value is -2.80. The summed E-state index contributed by atoms with van der Waals surface area (Å²) in [6.45, 7) is 8.97. The summed E-state index contributed by atoms with van der Waals surface area (Å²) < 4.78 is 16.9. The highest BCUT2D eigenvalue weighted by Crippen LogP contribution is 2.28. The summed E-state index contributed by atoms with van der Waals surface area (Å²) in [7, 11) is 0. The van der Waals surface area contributed by atoms with E-state index < -0.39 is 0 Å². The van der Waals surface area contributed by atoms with Crippen molar-refractivity contribution >= 4 is 17.5 Å². The maximum atomic E-state index is 12.4. The van der Waals surface area contributed by atoms with Gasteiger partial charge in [0.05, 0.1) is 12.4 Å². The standard InChI is InChI=1S/C23H26N2O4S/c1-5-27-18-9-7-17(8-10-18)20(26)14-30-23-25-24-22(29-23)13-28-21-12-16(4)6-11-19(21)15(2)3/h6-12,15H,5,13-14H2,1-4H3. The number of rotatable bonds is 10. The molecule has 3 rings (SSSR count). The highest BCUT2D eigenvalue weighted by atomic mass is 32.2. The van der Waals surface area contributed by atoms with E-state index in [2.05, 4.69) is 36.2 Å². The second-order valence-electron chi connectivity index (χ2n) is 7.12. The van der Waals surface area contributed by atoms with Gasteiger partial charge < -0.3 is 13.9 Å². The summed E-state index contributed by atoms with van der Waals surface area (Å²) >= 11 is 1.21. The molecule has 0 saturated carbocycles. The van der Waals surface area contributed by atoms with Crippen LogP contribution >= 0.6 is 11.8 Å². The van der Waals surface area contributed by atoms with Gasteiger partial charge in [0.15, 0.2) is 12.4 Å². The molecule has 30 heavy (non-hydrogen) atoms. The number of thioether (sulfide) groups is 1. The van der Waals surface area contributed by atoms with Crippen molar-refractivity contribution < 1.29 is 18.7 Å². The number of ketones is 1. The number of aryl methyl sites for hydroxylation is 1. The van der Waals surface area contributed by atoms with E-state index in [-0.39, 0.29) is 18.1 Å². The summed E-state index contributed by atoms with van der Waals surface area (Å²) in [6.07, 6.45) is 0. The zero-order valence-corrected chi connectivity index (χ0v) is 18.5. The van der Waals surface area contributed by atoms with Crippen molar-refractivity contribution in [1.29, 1.82) is 0 Å². The van der Waals surface area contributed by atoms with Gasteiger partial charge in [-0.05, 0) is 61.2 Å². The van der Waals surface area contributed by atoms with Gasteiger partial charge >= 0.3 is 0 Å². The predicted octanol–water partition coefficient (Wildman–Crippen LogP) is 5.45. The Labute approximate surface area is 181 Å². The number of ether oxygens (including phenoxy) is 2. The zero-order chi connectivity index (χ0) is 21.5. The molecule has 0 amide bonds. The average molecular weight is 427 g/mol. The largest absolute Gasteiger partial charge is 0.494 e. The van der Waals surface area contributed by atoms with Gasteiger partial charge in [0.25, 0.3) is 11.1 Å². The lowest BCUT2D eigenvalue weighted by molar-refractivity contribution is 0.102. The van der Waals surface area contributed by atoms with Crippen molar-refractivity contribution in [2.24, 2.45) is 0 Å². The van der Waals surface area contributed by atoms with Crippen molar-refractivity contribution in [2.45, 2.75) is 45.4 Å². The molecule has 0 saturated heterocycles. The second kappa shape index (κ2) is 10.3. The van der Waals surface area contributed by atoms with Crippen LogP contribution in [0.3, 0.4) is 0 Å². The third kappa shape index (κ3) is 5.86. The monoisotopic (exact) mass is 426 g/mol. The van der Waals surface area contributed by atoms with Crippen LogP contribution in [0.2, 0.25) is 0 Å². The molecule has 0 N–H and O–H groups in total. The molecular weight excluding hydrogens is 400 g/mol. The van der Waals surface area contributed by atoms with E-state index in [1.165, 1.54) is 11.8 Å². The molecule has 0 unspecified atom stereocenters. The molecule has 0 bridgehead atoms. The molecular formula is C23H26N2O4S. The first-order valence-corrected chi connectivity index (χ1v) is 10.9. The molecule has 3 aromatic rings. The van der Waals surface area contributed by atoms with Gasteiger partial charge in [0.2, 0.25) is 0 Å². The Balaban J connectivity index is 1.54. The van der Waals surface area contributed by atoms with Gasteiger partial charge in [-0.15, -0.1) is 10.2 Å². The fourth-order valence-electron chi connectivity index (χ4n) is 2.85. The predicted molar refractivity (Wildman–Crippen MR) is 117 cm³/mol. The summed E-state index contributed by atoms with van der Waals surface area (Å²) in [5.74, 6) is 2.50. The third-order valence-electron chi connectivity index (χ3n) is 4.40. The molecule has 0 radical (unpaired) electrons. The number of aromatic nitrogens is 2.